The van der Waals surface area contributed by atoms with Crippen molar-refractivity contribution in [3.05, 3.63) is 70.6 Å². The maximum atomic E-state index is 12.9. The van der Waals surface area contributed by atoms with Crippen LogP contribution < -0.4 is 5.32 Å². The smallest absolute Gasteiger partial charge is 0.279 e. The molecule has 0 aromatic heterocycles. The quantitative estimate of drug-likeness (QED) is 0.590. The summed E-state index contributed by atoms with van der Waals surface area (Å²) in [7, 11) is 0. The molecule has 0 bridgehead atoms. The number of benzene rings is 2. The lowest BCUT2D eigenvalue weighted by atomic mass is 10.0. The summed E-state index contributed by atoms with van der Waals surface area (Å²) in [4.78, 5) is 16.4. The number of piperidine rings is 1. The molecule has 27 heavy (non-hydrogen) atoms. The molecule has 0 radical (unpaired) electrons. The van der Waals surface area contributed by atoms with Gasteiger partial charge in [0.1, 0.15) is 6.54 Å². The van der Waals surface area contributed by atoms with Gasteiger partial charge in [0, 0.05) is 11.3 Å². The van der Waals surface area contributed by atoms with Crippen molar-refractivity contribution in [2.75, 3.05) is 25.0 Å². The number of amides is 1. The lowest BCUT2D eigenvalue weighted by Gasteiger charge is -2.41. The normalized spacial score (nSPS) is 15.7. The van der Waals surface area contributed by atoms with Gasteiger partial charge in [-0.3, -0.25) is 4.79 Å². The second-order valence-corrected chi connectivity index (χ2v) is 7.77. The van der Waals surface area contributed by atoms with Crippen LogP contribution in [0.2, 0.25) is 0 Å². The van der Waals surface area contributed by atoms with E-state index in [1.807, 2.05) is 32.0 Å². The first kappa shape index (κ1) is 19.1. The van der Waals surface area contributed by atoms with Gasteiger partial charge in [0.25, 0.3) is 5.91 Å². The van der Waals surface area contributed by atoms with Crippen molar-refractivity contribution in [2.24, 2.45) is 0 Å². The summed E-state index contributed by atoms with van der Waals surface area (Å²) < 4.78 is 0.827. The van der Waals surface area contributed by atoms with Gasteiger partial charge >= 0.3 is 0 Å². The molecule has 1 aliphatic heterocycles. The maximum Gasteiger partial charge on any atom is 0.279 e. The molecule has 4 nitrogen and oxygen atoms in total. The molecule has 1 heterocycles. The molecular weight excluding hydrogens is 334 g/mol. The lowest BCUT2D eigenvalue weighted by Crippen LogP contribution is -2.54. The van der Waals surface area contributed by atoms with Crippen molar-refractivity contribution in [2.45, 2.75) is 39.7 Å². The topological polar surface area (TPSA) is 33.5 Å². The van der Waals surface area contributed by atoms with Crippen LogP contribution in [0.5, 0.6) is 0 Å². The molecule has 1 fully saturated rings. The first-order chi connectivity index (χ1) is 13.0. The largest absolute Gasteiger partial charge is 0.321 e. The number of rotatable bonds is 5. The summed E-state index contributed by atoms with van der Waals surface area (Å²) in [5.41, 5.74) is 4.65. The molecule has 2 aromatic carbocycles. The van der Waals surface area contributed by atoms with Crippen molar-refractivity contribution in [3.8, 4) is 0 Å². The van der Waals surface area contributed by atoms with Gasteiger partial charge in [0.05, 0.1) is 19.7 Å². The zero-order valence-electron chi connectivity index (χ0n) is 16.3. The van der Waals surface area contributed by atoms with Gasteiger partial charge in [-0.15, -0.1) is 0 Å². The second-order valence-electron chi connectivity index (χ2n) is 7.77. The maximum absolute atomic E-state index is 12.9. The van der Waals surface area contributed by atoms with E-state index in [-0.39, 0.29) is 5.91 Å². The SMILES string of the molecule is [C-]#[N+]c1cc(C)c(NC(=O)C[N+]2(Cc3ccccc3)CCCCC2)c(C)c1. The van der Waals surface area contributed by atoms with Crippen molar-refractivity contribution in [3.63, 3.8) is 0 Å². The van der Waals surface area contributed by atoms with E-state index in [1.54, 1.807) is 0 Å². The summed E-state index contributed by atoms with van der Waals surface area (Å²) in [6.07, 6.45) is 3.61. The van der Waals surface area contributed by atoms with E-state index in [0.29, 0.717) is 12.2 Å². The van der Waals surface area contributed by atoms with Gasteiger partial charge in [-0.2, -0.15) is 0 Å². The summed E-state index contributed by atoms with van der Waals surface area (Å²) in [6, 6.07) is 14.2. The molecule has 0 unspecified atom stereocenters. The van der Waals surface area contributed by atoms with Crippen LogP contribution in [0.4, 0.5) is 11.4 Å². The predicted octanol–water partition coefficient (Wildman–Crippen LogP) is 4.99. The molecule has 1 saturated heterocycles. The molecular formula is C23H28N3O+. The molecule has 0 saturated carbocycles. The second kappa shape index (κ2) is 8.37. The van der Waals surface area contributed by atoms with E-state index in [9.17, 15) is 4.79 Å². The first-order valence-electron chi connectivity index (χ1n) is 9.69. The Labute approximate surface area is 162 Å². The number of hydrogen-bond acceptors (Lipinski definition) is 1. The zero-order valence-corrected chi connectivity index (χ0v) is 16.3. The van der Waals surface area contributed by atoms with Crippen LogP contribution >= 0.6 is 0 Å². The summed E-state index contributed by atoms with van der Waals surface area (Å²) in [5, 5.41) is 3.13. The molecule has 2 aromatic rings. The fraction of sp³-hybridized carbons (Fsp3) is 0.391. The third-order valence-corrected chi connectivity index (χ3v) is 5.52. The van der Waals surface area contributed by atoms with Crippen molar-refractivity contribution in [1.82, 2.24) is 0 Å². The Bertz CT molecular complexity index is 823. The fourth-order valence-electron chi connectivity index (χ4n) is 4.21. The Kier molecular flexibility index (Phi) is 5.93. The van der Waals surface area contributed by atoms with E-state index in [1.165, 1.54) is 24.8 Å². The number of hydrogen-bond donors (Lipinski definition) is 1. The highest BCUT2D eigenvalue weighted by atomic mass is 16.2. The van der Waals surface area contributed by atoms with E-state index in [0.717, 1.165) is 40.9 Å². The van der Waals surface area contributed by atoms with Gasteiger partial charge in [-0.25, -0.2) is 4.85 Å². The highest BCUT2D eigenvalue weighted by molar-refractivity contribution is 5.93. The average Bonchev–Trinajstić information content (AvgIpc) is 2.66. The van der Waals surface area contributed by atoms with Crippen molar-refractivity contribution < 1.29 is 9.28 Å². The van der Waals surface area contributed by atoms with Crippen LogP contribution in [0.1, 0.15) is 36.0 Å². The Hall–Kier alpha value is -2.64. The molecule has 140 valence electrons. The minimum Gasteiger partial charge on any atom is -0.321 e. The van der Waals surface area contributed by atoms with Crippen LogP contribution in [0.15, 0.2) is 42.5 Å². The Morgan fingerprint density at radius 1 is 1.07 bits per heavy atom. The molecule has 4 heteroatoms. The Morgan fingerprint density at radius 3 is 2.30 bits per heavy atom. The molecule has 0 spiro atoms. The van der Waals surface area contributed by atoms with E-state index in [2.05, 4.69) is 34.4 Å². The van der Waals surface area contributed by atoms with Gasteiger partial charge in [0.15, 0.2) is 12.2 Å². The minimum atomic E-state index is 0.0644. The number of carbonyl (C=O) groups excluding carboxylic acids is 1. The van der Waals surface area contributed by atoms with Gasteiger partial charge in [0.2, 0.25) is 0 Å². The van der Waals surface area contributed by atoms with Crippen molar-refractivity contribution >= 4 is 17.3 Å². The Balaban J connectivity index is 1.76. The molecule has 0 atom stereocenters. The number of anilines is 1. The lowest BCUT2D eigenvalue weighted by molar-refractivity contribution is -0.937. The molecule has 0 aliphatic carbocycles. The van der Waals surface area contributed by atoms with Gasteiger partial charge in [-0.1, -0.05) is 42.5 Å². The predicted molar refractivity (Wildman–Crippen MR) is 110 cm³/mol. The highest BCUT2D eigenvalue weighted by Crippen LogP contribution is 2.28. The monoisotopic (exact) mass is 362 g/mol. The van der Waals surface area contributed by atoms with Crippen LogP contribution in [-0.2, 0) is 11.3 Å². The van der Waals surface area contributed by atoms with Crippen molar-refractivity contribution in [1.29, 1.82) is 0 Å². The number of quaternary nitrogens is 1. The third-order valence-electron chi connectivity index (χ3n) is 5.52. The van der Waals surface area contributed by atoms with E-state index < -0.39 is 0 Å². The number of carbonyl (C=O) groups is 1. The number of aryl methyl sites for hydroxylation is 2. The number of likely N-dealkylation sites (tertiary alicyclic amines) is 1. The van der Waals surface area contributed by atoms with E-state index >= 15 is 0 Å². The molecule has 1 N–H and O–H groups in total. The van der Waals surface area contributed by atoms with Crippen LogP contribution in [-0.4, -0.2) is 30.0 Å². The Morgan fingerprint density at radius 2 is 1.70 bits per heavy atom. The summed E-state index contributed by atoms with van der Waals surface area (Å²) in [5.74, 6) is 0.0644. The van der Waals surface area contributed by atoms with Crippen LogP contribution in [0.25, 0.3) is 4.85 Å². The fourth-order valence-corrected chi connectivity index (χ4v) is 4.21. The molecule has 1 aliphatic rings. The van der Waals surface area contributed by atoms with Crippen LogP contribution in [0, 0.1) is 20.4 Å². The molecule has 3 rings (SSSR count). The van der Waals surface area contributed by atoms with Gasteiger partial charge < -0.3 is 9.80 Å². The average molecular weight is 362 g/mol. The van der Waals surface area contributed by atoms with Crippen LogP contribution in [0.3, 0.4) is 0 Å². The summed E-state index contributed by atoms with van der Waals surface area (Å²) in [6.45, 7) is 14.6. The molecule has 1 amide bonds. The summed E-state index contributed by atoms with van der Waals surface area (Å²) >= 11 is 0. The standard InChI is InChI=1S/C23H27N3O/c1-18-14-21(24-3)15-19(2)23(18)25-22(27)17-26(12-8-5-9-13-26)16-20-10-6-4-7-11-20/h4,6-7,10-11,14-15H,5,8-9,12-13,16-17H2,1-2H3/p+1. The highest BCUT2D eigenvalue weighted by Gasteiger charge is 2.33. The number of nitrogens with one attached hydrogen (secondary N) is 1. The minimum absolute atomic E-state index is 0.0644. The van der Waals surface area contributed by atoms with E-state index in [4.69, 9.17) is 6.57 Å². The first-order valence-corrected chi connectivity index (χ1v) is 9.69. The number of nitrogens with zero attached hydrogens (tertiary/aromatic N) is 2. The third kappa shape index (κ3) is 4.75. The zero-order chi connectivity index (χ0) is 19.3. The van der Waals surface area contributed by atoms with Gasteiger partial charge in [-0.05, 0) is 44.2 Å².